The quantitative estimate of drug-likeness (QED) is 0.595. The number of hydrogen-bond acceptors (Lipinski definition) is 6. The Morgan fingerprint density at radius 2 is 1.91 bits per heavy atom. The van der Waals surface area contributed by atoms with Gasteiger partial charge in [0.2, 0.25) is 11.8 Å². The van der Waals surface area contributed by atoms with Gasteiger partial charge in [0.25, 0.3) is 0 Å². The van der Waals surface area contributed by atoms with Crippen LogP contribution in [0.15, 0.2) is 73.2 Å². The summed E-state index contributed by atoms with van der Waals surface area (Å²) in [5, 5.41) is 2.90. The number of carbonyl (C=O) groups excluding carboxylic acids is 2. The number of piperidine rings is 1. The van der Waals surface area contributed by atoms with E-state index in [1.165, 1.54) is 0 Å². The van der Waals surface area contributed by atoms with Gasteiger partial charge in [-0.05, 0) is 67.9 Å². The van der Waals surface area contributed by atoms with E-state index in [1.807, 2.05) is 23.1 Å². The highest BCUT2D eigenvalue weighted by Crippen LogP contribution is 2.32. The third kappa shape index (κ3) is 4.92. The van der Waals surface area contributed by atoms with Crippen molar-refractivity contribution in [3.05, 3.63) is 78.9 Å². The first-order valence-corrected chi connectivity index (χ1v) is 10.5. The van der Waals surface area contributed by atoms with Gasteiger partial charge < -0.3 is 15.8 Å². The molecule has 1 aliphatic rings. The molecule has 1 saturated heterocycles. The lowest BCUT2D eigenvalue weighted by atomic mass is 9.76. The first kappa shape index (κ1) is 21.5. The van der Waals surface area contributed by atoms with Crippen LogP contribution in [-0.2, 0) is 15.0 Å². The maximum absolute atomic E-state index is 12.6. The van der Waals surface area contributed by atoms with Crippen molar-refractivity contribution in [2.45, 2.75) is 18.3 Å². The average Bonchev–Trinajstić information content (AvgIpc) is 2.81. The molecule has 0 saturated carbocycles. The van der Waals surface area contributed by atoms with E-state index in [9.17, 15) is 9.59 Å². The zero-order valence-corrected chi connectivity index (χ0v) is 17.6. The molecule has 0 spiro atoms. The van der Waals surface area contributed by atoms with Gasteiger partial charge in [-0.2, -0.15) is 0 Å². The minimum atomic E-state index is -0.884. The molecule has 2 aromatic heterocycles. The van der Waals surface area contributed by atoms with Gasteiger partial charge in [0.05, 0.1) is 18.4 Å². The normalized spacial score (nSPS) is 18.6. The Kier molecular flexibility index (Phi) is 6.42. The van der Waals surface area contributed by atoms with Gasteiger partial charge in [0.1, 0.15) is 16.9 Å². The van der Waals surface area contributed by atoms with E-state index in [2.05, 4.69) is 15.3 Å². The van der Waals surface area contributed by atoms with Crippen molar-refractivity contribution in [2.75, 3.05) is 25.0 Å². The Morgan fingerprint density at radius 3 is 2.59 bits per heavy atom. The Hall–Kier alpha value is -3.78. The summed E-state index contributed by atoms with van der Waals surface area (Å²) in [6.07, 6.45) is 6.35. The molecule has 0 unspecified atom stereocenters. The molecular weight excluding hydrogens is 406 g/mol. The molecule has 1 fully saturated rings. The number of amides is 2. The fourth-order valence-corrected chi connectivity index (χ4v) is 4.01. The first-order chi connectivity index (χ1) is 15.5. The minimum Gasteiger partial charge on any atom is -0.456 e. The Morgan fingerprint density at radius 1 is 1.06 bits per heavy atom. The number of anilines is 1. The van der Waals surface area contributed by atoms with Gasteiger partial charge in [-0.1, -0.05) is 6.07 Å². The lowest BCUT2D eigenvalue weighted by molar-refractivity contribution is -0.127. The molecule has 1 atom stereocenters. The standard InChI is InChI=1S/C24H25N5O3/c25-23(31)24(21-6-1-2-13-27-21)11-4-14-29(17-24)16-22(30)28-18-7-9-19(10-8-18)32-20-5-3-12-26-15-20/h1-3,5-10,12-13,15H,4,11,14,16-17H2,(H2,25,31)(H,28,30)/t24-/m0/s1. The van der Waals surface area contributed by atoms with E-state index >= 15 is 0 Å². The third-order valence-corrected chi connectivity index (χ3v) is 5.57. The van der Waals surface area contributed by atoms with Crippen LogP contribution in [0.1, 0.15) is 18.5 Å². The van der Waals surface area contributed by atoms with Crippen molar-refractivity contribution in [3.8, 4) is 11.5 Å². The molecule has 164 valence electrons. The van der Waals surface area contributed by atoms with E-state index in [1.54, 1.807) is 55.0 Å². The number of primary amides is 1. The van der Waals surface area contributed by atoms with Crippen molar-refractivity contribution in [1.82, 2.24) is 14.9 Å². The second kappa shape index (κ2) is 9.57. The number of aromatic nitrogens is 2. The number of likely N-dealkylation sites (tertiary alicyclic amines) is 1. The number of ether oxygens (including phenoxy) is 1. The van der Waals surface area contributed by atoms with Crippen LogP contribution in [0.25, 0.3) is 0 Å². The van der Waals surface area contributed by atoms with Gasteiger partial charge >= 0.3 is 0 Å². The van der Waals surface area contributed by atoms with Gasteiger partial charge in [0.15, 0.2) is 0 Å². The number of benzene rings is 1. The molecule has 1 aromatic carbocycles. The lowest BCUT2D eigenvalue weighted by Gasteiger charge is -2.40. The zero-order valence-electron chi connectivity index (χ0n) is 17.6. The van der Waals surface area contributed by atoms with E-state index in [4.69, 9.17) is 10.5 Å². The maximum Gasteiger partial charge on any atom is 0.238 e. The van der Waals surface area contributed by atoms with Crippen molar-refractivity contribution in [2.24, 2.45) is 5.73 Å². The molecule has 3 aromatic rings. The summed E-state index contributed by atoms with van der Waals surface area (Å²) in [4.78, 5) is 35.4. The van der Waals surface area contributed by atoms with E-state index in [0.29, 0.717) is 42.4 Å². The molecule has 32 heavy (non-hydrogen) atoms. The monoisotopic (exact) mass is 431 g/mol. The van der Waals surface area contributed by atoms with Gasteiger partial charge in [-0.25, -0.2) is 0 Å². The predicted molar refractivity (Wildman–Crippen MR) is 120 cm³/mol. The van der Waals surface area contributed by atoms with Gasteiger partial charge in [-0.3, -0.25) is 24.5 Å². The largest absolute Gasteiger partial charge is 0.456 e. The summed E-state index contributed by atoms with van der Waals surface area (Å²) < 4.78 is 5.71. The van der Waals surface area contributed by atoms with E-state index < -0.39 is 11.3 Å². The average molecular weight is 431 g/mol. The second-order valence-corrected chi connectivity index (χ2v) is 7.84. The number of carbonyl (C=O) groups is 2. The molecule has 0 radical (unpaired) electrons. The second-order valence-electron chi connectivity index (χ2n) is 7.84. The number of nitrogens with one attached hydrogen (secondary N) is 1. The summed E-state index contributed by atoms with van der Waals surface area (Å²) in [6, 6.07) is 16.2. The van der Waals surface area contributed by atoms with Crippen LogP contribution >= 0.6 is 0 Å². The molecule has 3 heterocycles. The molecule has 8 heteroatoms. The minimum absolute atomic E-state index is 0.160. The highest BCUT2D eigenvalue weighted by Gasteiger charge is 2.43. The number of nitrogens with zero attached hydrogens (tertiary/aromatic N) is 3. The Balaban J connectivity index is 1.37. The number of hydrogen-bond donors (Lipinski definition) is 2. The van der Waals surface area contributed by atoms with Crippen LogP contribution in [0.3, 0.4) is 0 Å². The summed E-state index contributed by atoms with van der Waals surface area (Å²) in [5.74, 6) is 0.714. The zero-order chi connectivity index (χ0) is 22.4. The third-order valence-electron chi connectivity index (χ3n) is 5.57. The van der Waals surface area contributed by atoms with Crippen molar-refractivity contribution in [1.29, 1.82) is 0 Å². The number of pyridine rings is 2. The smallest absolute Gasteiger partial charge is 0.238 e. The van der Waals surface area contributed by atoms with Crippen LogP contribution in [-0.4, -0.2) is 46.3 Å². The Labute approximate surface area is 186 Å². The molecule has 4 rings (SSSR count). The maximum atomic E-state index is 12.6. The summed E-state index contributed by atoms with van der Waals surface area (Å²) >= 11 is 0. The molecule has 1 aliphatic heterocycles. The van der Waals surface area contributed by atoms with Crippen LogP contribution in [0.5, 0.6) is 11.5 Å². The van der Waals surface area contributed by atoms with E-state index in [-0.39, 0.29) is 12.5 Å². The molecule has 0 aliphatic carbocycles. The highest BCUT2D eigenvalue weighted by molar-refractivity contribution is 5.92. The van der Waals surface area contributed by atoms with Crippen LogP contribution in [0, 0.1) is 0 Å². The Bertz CT molecular complexity index is 1060. The van der Waals surface area contributed by atoms with Crippen molar-refractivity contribution < 1.29 is 14.3 Å². The fourth-order valence-electron chi connectivity index (χ4n) is 4.01. The number of rotatable bonds is 7. The van der Waals surface area contributed by atoms with E-state index in [0.717, 1.165) is 6.42 Å². The molecule has 2 amide bonds. The van der Waals surface area contributed by atoms with Crippen LogP contribution < -0.4 is 15.8 Å². The summed E-state index contributed by atoms with van der Waals surface area (Å²) in [7, 11) is 0. The molecule has 8 nitrogen and oxygen atoms in total. The van der Waals surface area contributed by atoms with Crippen molar-refractivity contribution in [3.63, 3.8) is 0 Å². The molecule has 0 bridgehead atoms. The number of nitrogens with two attached hydrogens (primary N) is 1. The van der Waals surface area contributed by atoms with Crippen LogP contribution in [0.4, 0.5) is 5.69 Å². The summed E-state index contributed by atoms with van der Waals surface area (Å²) in [6.45, 7) is 1.24. The topological polar surface area (TPSA) is 110 Å². The lowest BCUT2D eigenvalue weighted by Crippen LogP contribution is -2.55. The van der Waals surface area contributed by atoms with Crippen LogP contribution in [0.2, 0.25) is 0 Å². The summed E-state index contributed by atoms with van der Waals surface area (Å²) in [5.41, 5.74) is 6.23. The highest BCUT2D eigenvalue weighted by atomic mass is 16.5. The SMILES string of the molecule is NC(=O)[C@@]1(c2ccccn2)CCCN(CC(=O)Nc2ccc(Oc3cccnc3)cc2)C1. The first-order valence-electron chi connectivity index (χ1n) is 10.5. The fraction of sp³-hybridized carbons (Fsp3) is 0.250. The predicted octanol–water partition coefficient (Wildman–Crippen LogP) is 2.73. The van der Waals surface area contributed by atoms with Crippen molar-refractivity contribution >= 4 is 17.5 Å². The van der Waals surface area contributed by atoms with Gasteiger partial charge in [0, 0.05) is 24.6 Å². The van der Waals surface area contributed by atoms with Gasteiger partial charge in [-0.15, -0.1) is 0 Å². The molecule has 3 N–H and O–H groups in total. The molecular formula is C24H25N5O3.